The van der Waals surface area contributed by atoms with Crippen molar-refractivity contribution in [3.8, 4) is 5.75 Å². The molecule has 0 bridgehead atoms. The van der Waals surface area contributed by atoms with Gasteiger partial charge in [-0.3, -0.25) is 0 Å². The van der Waals surface area contributed by atoms with Gasteiger partial charge in [0.15, 0.2) is 0 Å². The summed E-state index contributed by atoms with van der Waals surface area (Å²) >= 11 is 0. The highest BCUT2D eigenvalue weighted by Crippen LogP contribution is 2.26. The summed E-state index contributed by atoms with van der Waals surface area (Å²) in [5, 5.41) is 3.20. The highest BCUT2D eigenvalue weighted by Gasteiger charge is 2.06. The van der Waals surface area contributed by atoms with Crippen molar-refractivity contribution in [2.75, 3.05) is 37.5 Å². The lowest BCUT2D eigenvalue weighted by molar-refractivity contribution is 0.415. The molecule has 20 heavy (non-hydrogen) atoms. The number of nitrogens with zero attached hydrogens (tertiary/aromatic N) is 1. The molecule has 0 spiro atoms. The van der Waals surface area contributed by atoms with Crippen LogP contribution in [0.3, 0.4) is 0 Å². The molecule has 0 radical (unpaired) electrons. The van der Waals surface area contributed by atoms with Crippen molar-refractivity contribution in [2.24, 2.45) is 0 Å². The number of para-hydroxylation sites is 2. The van der Waals surface area contributed by atoms with Crippen molar-refractivity contribution in [1.82, 2.24) is 0 Å². The second-order valence-corrected chi connectivity index (χ2v) is 4.53. The summed E-state index contributed by atoms with van der Waals surface area (Å²) in [6.07, 6.45) is 0. The van der Waals surface area contributed by atoms with E-state index in [1.165, 1.54) is 12.1 Å². The number of nitrogens with one attached hydrogen (secondary N) is 1. The number of halogens is 1. The van der Waals surface area contributed by atoms with Crippen molar-refractivity contribution in [3.63, 3.8) is 0 Å². The van der Waals surface area contributed by atoms with Gasteiger partial charge < -0.3 is 15.0 Å². The molecule has 2 rings (SSSR count). The number of hydrogen-bond acceptors (Lipinski definition) is 3. The Morgan fingerprint density at radius 2 is 1.95 bits per heavy atom. The van der Waals surface area contributed by atoms with Crippen LogP contribution in [0.25, 0.3) is 0 Å². The van der Waals surface area contributed by atoms with Gasteiger partial charge in [0.25, 0.3) is 0 Å². The van der Waals surface area contributed by atoms with Gasteiger partial charge in [-0.1, -0.05) is 18.2 Å². The third-order valence-corrected chi connectivity index (χ3v) is 3.10. The zero-order valence-electron chi connectivity index (χ0n) is 11.8. The Balaban J connectivity index is 1.90. The zero-order chi connectivity index (χ0) is 14.4. The average molecular weight is 274 g/mol. The first-order chi connectivity index (χ1) is 9.70. The van der Waals surface area contributed by atoms with Gasteiger partial charge >= 0.3 is 0 Å². The monoisotopic (exact) mass is 274 g/mol. The van der Waals surface area contributed by atoms with Crippen molar-refractivity contribution >= 4 is 11.4 Å². The average Bonchev–Trinajstić information content (AvgIpc) is 2.47. The third kappa shape index (κ3) is 3.63. The van der Waals surface area contributed by atoms with E-state index in [2.05, 4.69) is 10.2 Å². The maximum Gasteiger partial charge on any atom is 0.142 e. The highest BCUT2D eigenvalue weighted by atomic mass is 19.1. The molecule has 2 aromatic carbocycles. The fourth-order valence-corrected chi connectivity index (χ4v) is 2.03. The van der Waals surface area contributed by atoms with Crippen molar-refractivity contribution in [2.45, 2.75) is 0 Å². The van der Waals surface area contributed by atoms with Crippen LogP contribution < -0.4 is 15.0 Å². The fraction of sp³-hybridized carbons (Fsp3) is 0.250. The summed E-state index contributed by atoms with van der Waals surface area (Å²) in [5.74, 6) is 0.619. The fourth-order valence-electron chi connectivity index (χ4n) is 2.03. The second kappa shape index (κ2) is 6.80. The summed E-state index contributed by atoms with van der Waals surface area (Å²) < 4.78 is 18.4. The molecule has 0 unspecified atom stereocenters. The summed E-state index contributed by atoms with van der Waals surface area (Å²) in [6.45, 7) is 1.51. The van der Waals surface area contributed by atoms with Crippen molar-refractivity contribution in [3.05, 3.63) is 54.3 Å². The third-order valence-electron chi connectivity index (χ3n) is 3.10. The first kappa shape index (κ1) is 14.2. The number of rotatable bonds is 6. The SMILES string of the molecule is COc1ccccc1N(C)CCNc1cccc(F)c1. The molecule has 1 N–H and O–H groups in total. The molecule has 4 heteroatoms. The minimum atomic E-state index is -0.229. The van der Waals surface area contributed by atoms with Crippen LogP contribution in [-0.2, 0) is 0 Å². The molecule has 3 nitrogen and oxygen atoms in total. The number of benzene rings is 2. The summed E-state index contributed by atoms with van der Waals surface area (Å²) in [5.41, 5.74) is 1.83. The smallest absolute Gasteiger partial charge is 0.142 e. The standard InChI is InChI=1S/C16H19FN2O/c1-19(15-8-3-4-9-16(15)20-2)11-10-18-14-7-5-6-13(17)12-14/h3-9,12,18H,10-11H2,1-2H3. The summed E-state index contributed by atoms with van der Waals surface area (Å²) in [6, 6.07) is 14.4. The molecule has 0 saturated carbocycles. The number of ether oxygens (including phenoxy) is 1. The van der Waals surface area contributed by atoms with Crippen LogP contribution >= 0.6 is 0 Å². The van der Waals surface area contributed by atoms with Crippen molar-refractivity contribution < 1.29 is 9.13 Å². The molecule has 106 valence electrons. The van der Waals surface area contributed by atoms with Crippen LogP contribution in [0, 0.1) is 5.82 Å². The predicted octanol–water partition coefficient (Wildman–Crippen LogP) is 3.38. The quantitative estimate of drug-likeness (QED) is 0.874. The van der Waals surface area contributed by atoms with Crippen LogP contribution in [-0.4, -0.2) is 27.2 Å². The Bertz CT molecular complexity index is 560. The molecule has 0 atom stereocenters. The van der Waals surface area contributed by atoms with Gasteiger partial charge in [-0.15, -0.1) is 0 Å². The van der Waals surface area contributed by atoms with Gasteiger partial charge in [-0.25, -0.2) is 4.39 Å². The van der Waals surface area contributed by atoms with Gasteiger partial charge in [0.1, 0.15) is 11.6 Å². The lowest BCUT2D eigenvalue weighted by Crippen LogP contribution is -2.25. The minimum Gasteiger partial charge on any atom is -0.495 e. The maximum atomic E-state index is 13.0. The van der Waals surface area contributed by atoms with Crippen LogP contribution in [0.1, 0.15) is 0 Å². The molecule has 0 aromatic heterocycles. The molecule has 0 amide bonds. The minimum absolute atomic E-state index is 0.229. The van der Waals surface area contributed by atoms with E-state index in [1.54, 1.807) is 13.2 Å². The Morgan fingerprint density at radius 3 is 2.70 bits per heavy atom. The molecule has 0 aliphatic carbocycles. The van der Waals surface area contributed by atoms with E-state index < -0.39 is 0 Å². The van der Waals surface area contributed by atoms with E-state index in [9.17, 15) is 4.39 Å². The number of likely N-dealkylation sites (N-methyl/N-ethyl adjacent to an activating group) is 1. The van der Waals surface area contributed by atoms with Gasteiger partial charge in [0.05, 0.1) is 12.8 Å². The summed E-state index contributed by atoms with van der Waals surface area (Å²) in [7, 11) is 3.67. The van der Waals surface area contributed by atoms with Crippen molar-refractivity contribution in [1.29, 1.82) is 0 Å². The van der Waals surface area contributed by atoms with E-state index in [-0.39, 0.29) is 5.82 Å². The topological polar surface area (TPSA) is 24.5 Å². The molecule has 0 saturated heterocycles. The molecule has 0 aliphatic rings. The molecular weight excluding hydrogens is 255 g/mol. The number of hydrogen-bond donors (Lipinski definition) is 1. The zero-order valence-corrected chi connectivity index (χ0v) is 11.8. The maximum absolute atomic E-state index is 13.0. The predicted molar refractivity (Wildman–Crippen MR) is 81.2 cm³/mol. The lowest BCUT2D eigenvalue weighted by atomic mass is 10.2. The Morgan fingerprint density at radius 1 is 1.15 bits per heavy atom. The Labute approximate surface area is 119 Å². The van der Waals surface area contributed by atoms with Crippen LogP contribution in [0.2, 0.25) is 0 Å². The van der Waals surface area contributed by atoms with Gasteiger partial charge in [0, 0.05) is 25.8 Å². The number of methoxy groups -OCH3 is 1. The molecule has 2 aromatic rings. The first-order valence-electron chi connectivity index (χ1n) is 6.54. The normalized spacial score (nSPS) is 10.2. The van der Waals surface area contributed by atoms with E-state index in [1.807, 2.05) is 37.4 Å². The Kier molecular flexibility index (Phi) is 4.82. The van der Waals surface area contributed by atoms with E-state index >= 15 is 0 Å². The Hall–Kier alpha value is -2.23. The largest absolute Gasteiger partial charge is 0.495 e. The lowest BCUT2D eigenvalue weighted by Gasteiger charge is -2.22. The van der Waals surface area contributed by atoms with E-state index in [4.69, 9.17) is 4.74 Å². The highest BCUT2D eigenvalue weighted by molar-refractivity contribution is 5.58. The first-order valence-corrected chi connectivity index (χ1v) is 6.54. The van der Waals surface area contributed by atoms with Crippen LogP contribution in [0.5, 0.6) is 5.75 Å². The molecule has 0 heterocycles. The van der Waals surface area contributed by atoms with Gasteiger partial charge in [-0.2, -0.15) is 0 Å². The molecule has 0 fully saturated rings. The second-order valence-electron chi connectivity index (χ2n) is 4.53. The van der Waals surface area contributed by atoms with E-state index in [0.717, 1.165) is 30.2 Å². The van der Waals surface area contributed by atoms with E-state index in [0.29, 0.717) is 0 Å². The van der Waals surface area contributed by atoms with Crippen LogP contribution in [0.15, 0.2) is 48.5 Å². The number of anilines is 2. The molecule has 0 aliphatic heterocycles. The molecular formula is C16H19FN2O. The van der Waals surface area contributed by atoms with Gasteiger partial charge in [-0.05, 0) is 30.3 Å². The van der Waals surface area contributed by atoms with Gasteiger partial charge in [0.2, 0.25) is 0 Å². The van der Waals surface area contributed by atoms with Crippen LogP contribution in [0.4, 0.5) is 15.8 Å². The summed E-state index contributed by atoms with van der Waals surface area (Å²) in [4.78, 5) is 2.10.